The van der Waals surface area contributed by atoms with Crippen LogP contribution in [0.1, 0.15) is 30.6 Å². The Morgan fingerprint density at radius 2 is 2.09 bits per heavy atom. The fraction of sp³-hybridized carbons (Fsp3) is 0.412. The summed E-state index contributed by atoms with van der Waals surface area (Å²) in [5, 5.41) is 3.60. The van der Waals surface area contributed by atoms with Crippen molar-refractivity contribution in [3.63, 3.8) is 0 Å². The van der Waals surface area contributed by atoms with Gasteiger partial charge in [-0.1, -0.05) is 6.92 Å². The number of aromatic nitrogens is 1. The minimum atomic E-state index is -0.101. The van der Waals surface area contributed by atoms with E-state index in [-0.39, 0.29) is 18.5 Å². The molecule has 124 valence electrons. The molecule has 0 bridgehead atoms. The summed E-state index contributed by atoms with van der Waals surface area (Å²) >= 11 is 0. The van der Waals surface area contributed by atoms with Gasteiger partial charge in [-0.2, -0.15) is 0 Å². The number of carbonyl (C=O) groups is 2. The summed E-state index contributed by atoms with van der Waals surface area (Å²) in [6, 6.07) is 3.62. The summed E-state index contributed by atoms with van der Waals surface area (Å²) in [6.07, 6.45) is 3.29. The van der Waals surface area contributed by atoms with Crippen LogP contribution in [0.15, 0.2) is 18.3 Å². The van der Waals surface area contributed by atoms with Gasteiger partial charge in [-0.05, 0) is 13.3 Å². The molecule has 1 unspecified atom stereocenters. The van der Waals surface area contributed by atoms with Crippen molar-refractivity contribution in [1.29, 1.82) is 0 Å². The third kappa shape index (κ3) is 3.47. The summed E-state index contributed by atoms with van der Waals surface area (Å²) in [6.45, 7) is 4.09. The van der Waals surface area contributed by atoms with Gasteiger partial charge in [-0.3, -0.25) is 9.59 Å². The molecule has 0 aliphatic rings. The van der Waals surface area contributed by atoms with Crippen molar-refractivity contribution < 1.29 is 19.1 Å². The van der Waals surface area contributed by atoms with Crippen LogP contribution >= 0.6 is 0 Å². The average Bonchev–Trinajstić information content (AvgIpc) is 2.91. The van der Waals surface area contributed by atoms with E-state index in [4.69, 9.17) is 9.47 Å². The summed E-state index contributed by atoms with van der Waals surface area (Å²) in [5.41, 5.74) is 1.21. The van der Waals surface area contributed by atoms with Crippen LogP contribution in [-0.4, -0.2) is 37.0 Å². The molecule has 0 aliphatic heterocycles. The molecule has 0 radical (unpaired) electrons. The van der Waals surface area contributed by atoms with E-state index in [2.05, 4.69) is 5.32 Å². The quantitative estimate of drug-likeness (QED) is 0.796. The van der Waals surface area contributed by atoms with Crippen molar-refractivity contribution in [2.24, 2.45) is 0 Å². The number of carbonyl (C=O) groups excluding carboxylic acids is 2. The van der Waals surface area contributed by atoms with Gasteiger partial charge in [-0.15, -0.1) is 0 Å². The highest BCUT2D eigenvalue weighted by atomic mass is 16.5. The number of rotatable bonds is 7. The second-order valence-electron chi connectivity index (χ2n) is 5.43. The zero-order chi connectivity index (χ0) is 17.0. The number of fused-ring (bicyclic) bond motifs is 1. The Balaban J connectivity index is 2.47. The molecule has 1 amide bonds. The summed E-state index contributed by atoms with van der Waals surface area (Å²) < 4.78 is 12.4. The predicted octanol–water partition coefficient (Wildman–Crippen LogP) is 2.39. The van der Waals surface area contributed by atoms with E-state index in [0.29, 0.717) is 22.4 Å². The highest BCUT2D eigenvalue weighted by Gasteiger charge is 2.17. The van der Waals surface area contributed by atoms with Gasteiger partial charge in [-0.25, -0.2) is 0 Å². The molecule has 0 aliphatic carbocycles. The van der Waals surface area contributed by atoms with Gasteiger partial charge < -0.3 is 19.4 Å². The van der Waals surface area contributed by atoms with E-state index in [1.807, 2.05) is 13.8 Å². The minimum absolute atomic E-state index is 0.101. The molecule has 23 heavy (non-hydrogen) atoms. The molecule has 0 saturated heterocycles. The topological polar surface area (TPSA) is 69.6 Å². The van der Waals surface area contributed by atoms with Crippen LogP contribution in [0.5, 0.6) is 11.5 Å². The van der Waals surface area contributed by atoms with E-state index in [9.17, 15) is 9.59 Å². The first-order valence-corrected chi connectivity index (χ1v) is 7.53. The number of nitrogens with zero attached hydrogens (tertiary/aromatic N) is 1. The minimum Gasteiger partial charge on any atom is -0.497 e. The van der Waals surface area contributed by atoms with Crippen LogP contribution in [0, 0.1) is 0 Å². The molecule has 6 heteroatoms. The normalized spacial score (nSPS) is 12.0. The molecule has 0 spiro atoms. The lowest BCUT2D eigenvalue weighted by molar-refractivity contribution is -0.122. The largest absolute Gasteiger partial charge is 0.497 e. The zero-order valence-corrected chi connectivity index (χ0v) is 13.9. The fourth-order valence-corrected chi connectivity index (χ4v) is 2.47. The molecule has 2 aromatic rings. The van der Waals surface area contributed by atoms with Gasteiger partial charge in [0.05, 0.1) is 25.1 Å². The molecule has 1 N–H and O–H groups in total. The first kappa shape index (κ1) is 16.9. The van der Waals surface area contributed by atoms with Crippen molar-refractivity contribution in [2.75, 3.05) is 14.2 Å². The molecule has 1 aromatic carbocycles. The van der Waals surface area contributed by atoms with E-state index in [1.54, 1.807) is 30.0 Å². The van der Waals surface area contributed by atoms with Crippen molar-refractivity contribution in [1.82, 2.24) is 9.88 Å². The lowest BCUT2D eigenvalue weighted by Crippen LogP contribution is -2.34. The van der Waals surface area contributed by atoms with Gasteiger partial charge in [0.25, 0.3) is 0 Å². The highest BCUT2D eigenvalue weighted by molar-refractivity contribution is 6.02. The zero-order valence-electron chi connectivity index (χ0n) is 13.9. The van der Waals surface area contributed by atoms with Crippen LogP contribution in [0.25, 0.3) is 10.9 Å². The standard InChI is InChI=1S/C17H22N2O4/c1-5-11(2)18-16(21)9-19-8-12(10-20)17-14(19)6-13(22-3)7-15(17)23-4/h6-8,10-11H,5,9H2,1-4H3,(H,18,21). The first-order valence-electron chi connectivity index (χ1n) is 7.53. The fourth-order valence-electron chi connectivity index (χ4n) is 2.47. The molecule has 1 atom stereocenters. The molecular formula is C17H22N2O4. The molecule has 2 rings (SSSR count). The molecular weight excluding hydrogens is 296 g/mol. The Morgan fingerprint density at radius 1 is 1.35 bits per heavy atom. The van der Waals surface area contributed by atoms with E-state index >= 15 is 0 Å². The van der Waals surface area contributed by atoms with Crippen molar-refractivity contribution in [3.05, 3.63) is 23.9 Å². The van der Waals surface area contributed by atoms with Gasteiger partial charge in [0.1, 0.15) is 18.0 Å². The molecule has 1 aromatic heterocycles. The first-order chi connectivity index (χ1) is 11.0. The molecule has 1 heterocycles. The van der Waals surface area contributed by atoms with E-state index in [1.165, 1.54) is 7.11 Å². The number of ether oxygens (including phenoxy) is 2. The molecule has 6 nitrogen and oxygen atoms in total. The maximum absolute atomic E-state index is 12.1. The molecule has 0 saturated carbocycles. The van der Waals surface area contributed by atoms with Gasteiger partial charge in [0.15, 0.2) is 6.29 Å². The van der Waals surface area contributed by atoms with Crippen LogP contribution < -0.4 is 14.8 Å². The van der Waals surface area contributed by atoms with Gasteiger partial charge in [0.2, 0.25) is 5.91 Å². The predicted molar refractivity (Wildman–Crippen MR) is 88.3 cm³/mol. The Labute approximate surface area is 135 Å². The number of methoxy groups -OCH3 is 2. The number of hydrogen-bond donors (Lipinski definition) is 1. The Bertz CT molecular complexity index is 721. The summed E-state index contributed by atoms with van der Waals surface area (Å²) in [4.78, 5) is 23.5. The van der Waals surface area contributed by atoms with Gasteiger partial charge in [0, 0.05) is 29.9 Å². The Morgan fingerprint density at radius 3 is 2.65 bits per heavy atom. The summed E-state index contributed by atoms with van der Waals surface area (Å²) in [5.74, 6) is 1.05. The Hall–Kier alpha value is -2.50. The number of amides is 1. The van der Waals surface area contributed by atoms with E-state index in [0.717, 1.165) is 18.2 Å². The number of benzene rings is 1. The van der Waals surface area contributed by atoms with Crippen LogP contribution in [0.3, 0.4) is 0 Å². The lowest BCUT2D eigenvalue weighted by Gasteiger charge is -2.13. The lowest BCUT2D eigenvalue weighted by atomic mass is 10.1. The average molecular weight is 318 g/mol. The number of hydrogen-bond acceptors (Lipinski definition) is 4. The van der Waals surface area contributed by atoms with E-state index < -0.39 is 0 Å². The molecule has 0 fully saturated rings. The van der Waals surface area contributed by atoms with Crippen LogP contribution in [-0.2, 0) is 11.3 Å². The summed E-state index contributed by atoms with van der Waals surface area (Å²) in [7, 11) is 3.10. The second kappa shape index (κ2) is 7.17. The maximum atomic E-state index is 12.1. The van der Waals surface area contributed by atoms with Gasteiger partial charge >= 0.3 is 0 Å². The maximum Gasteiger partial charge on any atom is 0.240 e. The van der Waals surface area contributed by atoms with Crippen molar-refractivity contribution in [2.45, 2.75) is 32.9 Å². The Kier molecular flexibility index (Phi) is 5.26. The second-order valence-corrected chi connectivity index (χ2v) is 5.43. The van der Waals surface area contributed by atoms with Crippen LogP contribution in [0.4, 0.5) is 0 Å². The van der Waals surface area contributed by atoms with Crippen LogP contribution in [0.2, 0.25) is 0 Å². The number of nitrogens with one attached hydrogen (secondary N) is 1. The van der Waals surface area contributed by atoms with Crippen molar-refractivity contribution >= 4 is 23.1 Å². The van der Waals surface area contributed by atoms with Crippen molar-refractivity contribution in [3.8, 4) is 11.5 Å². The number of aldehydes is 1. The third-order valence-corrected chi connectivity index (χ3v) is 3.86. The highest BCUT2D eigenvalue weighted by Crippen LogP contribution is 2.34. The smallest absolute Gasteiger partial charge is 0.240 e. The third-order valence-electron chi connectivity index (χ3n) is 3.86. The monoisotopic (exact) mass is 318 g/mol. The SMILES string of the molecule is CCC(C)NC(=O)Cn1cc(C=O)c2c(OC)cc(OC)cc21.